The third-order valence-corrected chi connectivity index (χ3v) is 4.45. The van der Waals surface area contributed by atoms with Crippen LogP contribution in [-0.4, -0.2) is 28.9 Å². The Morgan fingerprint density at radius 2 is 1.77 bits per heavy atom. The fourth-order valence-electron chi connectivity index (χ4n) is 2.02. The van der Waals surface area contributed by atoms with Crippen LogP contribution in [0.5, 0.6) is 0 Å². The number of halogens is 4. The molecule has 0 N–H and O–H groups in total. The summed E-state index contributed by atoms with van der Waals surface area (Å²) in [5.41, 5.74) is -4.60. The highest BCUT2D eigenvalue weighted by molar-refractivity contribution is 7.87. The monoisotopic (exact) mass is 403 g/mol. The zero-order valence-electron chi connectivity index (χ0n) is 12.7. The summed E-state index contributed by atoms with van der Waals surface area (Å²) >= 11 is 5.76. The van der Waals surface area contributed by atoms with Crippen molar-refractivity contribution >= 4 is 44.7 Å². The summed E-state index contributed by atoms with van der Waals surface area (Å²) in [4.78, 5) is 0. The normalized spacial score (nSPS) is 13.2. The number of aromatic nitrogens is 3. The largest absolute Gasteiger partial charge is 0.534 e. The number of alkyl halides is 3. The molecule has 0 aliphatic rings. The highest BCUT2D eigenvalue weighted by Crippen LogP contribution is 2.30. The first-order chi connectivity index (χ1) is 12.2. The van der Waals surface area contributed by atoms with E-state index in [1.54, 1.807) is 24.3 Å². The molecule has 136 valence electrons. The summed E-state index contributed by atoms with van der Waals surface area (Å²) in [5, 5.41) is 7.94. The van der Waals surface area contributed by atoms with Crippen molar-refractivity contribution in [3.05, 3.63) is 59.1 Å². The molecule has 0 aliphatic carbocycles. The van der Waals surface area contributed by atoms with Crippen molar-refractivity contribution in [1.29, 1.82) is 0 Å². The molecule has 2 aromatic carbocycles. The van der Waals surface area contributed by atoms with Crippen LogP contribution in [0.4, 0.5) is 13.2 Å². The first-order valence-corrected chi connectivity index (χ1v) is 8.74. The molecule has 1 aromatic heterocycles. The van der Waals surface area contributed by atoms with Crippen LogP contribution >= 0.6 is 11.6 Å². The Morgan fingerprint density at radius 3 is 2.42 bits per heavy atom. The van der Waals surface area contributed by atoms with E-state index in [4.69, 9.17) is 11.6 Å². The van der Waals surface area contributed by atoms with Crippen molar-refractivity contribution in [3.8, 4) is 0 Å². The standard InChI is InChI=1S/C15H9ClF3N3O3S/c16-11-7-5-10(6-8-11)14(25-26(23,24)15(17,18)19)9-22-13-4-2-1-3-12(13)20-21-22/h1-9H/b14-9-. The fourth-order valence-corrected chi connectivity index (χ4v) is 2.61. The Hall–Kier alpha value is -2.59. The van der Waals surface area contributed by atoms with E-state index in [2.05, 4.69) is 14.5 Å². The van der Waals surface area contributed by atoms with Gasteiger partial charge in [-0.3, -0.25) is 0 Å². The first kappa shape index (κ1) is 18.2. The number of hydrogen-bond acceptors (Lipinski definition) is 5. The average Bonchev–Trinajstić information content (AvgIpc) is 2.97. The molecular weight excluding hydrogens is 395 g/mol. The Kier molecular flexibility index (Phi) is 4.63. The van der Waals surface area contributed by atoms with Crippen LogP contribution in [0.15, 0.2) is 48.5 Å². The van der Waals surface area contributed by atoms with Gasteiger partial charge in [-0.25, -0.2) is 4.68 Å². The second-order valence-electron chi connectivity index (χ2n) is 5.01. The van der Waals surface area contributed by atoms with E-state index in [-0.39, 0.29) is 5.56 Å². The van der Waals surface area contributed by atoms with Gasteiger partial charge in [0.05, 0.1) is 11.7 Å². The summed E-state index contributed by atoms with van der Waals surface area (Å²) in [6.45, 7) is 0. The molecule has 26 heavy (non-hydrogen) atoms. The minimum absolute atomic E-state index is 0.0572. The molecule has 0 amide bonds. The Balaban J connectivity index is 2.13. The van der Waals surface area contributed by atoms with Gasteiger partial charge in [-0.15, -0.1) is 5.10 Å². The lowest BCUT2D eigenvalue weighted by atomic mass is 10.2. The van der Waals surface area contributed by atoms with E-state index in [0.717, 1.165) is 10.9 Å². The third kappa shape index (κ3) is 3.65. The van der Waals surface area contributed by atoms with Gasteiger partial charge in [-0.1, -0.05) is 28.9 Å². The number of hydrogen-bond donors (Lipinski definition) is 0. The summed E-state index contributed by atoms with van der Waals surface area (Å²) in [6.07, 6.45) is 1.00. The molecule has 0 atom stereocenters. The predicted molar refractivity (Wildman–Crippen MR) is 89.2 cm³/mol. The highest BCUT2D eigenvalue weighted by atomic mass is 35.5. The third-order valence-electron chi connectivity index (χ3n) is 3.23. The summed E-state index contributed by atoms with van der Waals surface area (Å²) < 4.78 is 66.4. The van der Waals surface area contributed by atoms with Crippen LogP contribution in [0, 0.1) is 0 Å². The second kappa shape index (κ2) is 6.61. The molecule has 0 unspecified atom stereocenters. The molecule has 0 fully saturated rings. The molecule has 1 heterocycles. The van der Waals surface area contributed by atoms with Gasteiger partial charge in [-0.2, -0.15) is 21.6 Å². The maximum Gasteiger partial charge on any atom is 0.534 e. The average molecular weight is 404 g/mol. The van der Waals surface area contributed by atoms with Crippen LogP contribution in [0.2, 0.25) is 5.02 Å². The van der Waals surface area contributed by atoms with Crippen LogP contribution < -0.4 is 0 Å². The topological polar surface area (TPSA) is 74.1 Å². The van der Waals surface area contributed by atoms with Crippen LogP contribution in [-0.2, 0) is 14.3 Å². The SMILES string of the molecule is O=S(=O)(O/C(=C\n1nnc2ccccc21)c1ccc(Cl)cc1)C(F)(F)F. The number of para-hydroxylation sites is 1. The van der Waals surface area contributed by atoms with Gasteiger partial charge in [0.2, 0.25) is 0 Å². The summed E-state index contributed by atoms with van der Waals surface area (Å²) in [6, 6.07) is 12.0. The number of fused-ring (bicyclic) bond motifs is 1. The van der Waals surface area contributed by atoms with E-state index >= 15 is 0 Å². The maximum atomic E-state index is 12.7. The highest BCUT2D eigenvalue weighted by Gasteiger charge is 2.49. The first-order valence-electron chi connectivity index (χ1n) is 6.96. The maximum absolute atomic E-state index is 12.7. The second-order valence-corrected chi connectivity index (χ2v) is 6.98. The minimum atomic E-state index is -5.87. The van der Waals surface area contributed by atoms with Gasteiger partial charge in [0.25, 0.3) is 0 Å². The van der Waals surface area contributed by atoms with E-state index in [9.17, 15) is 21.6 Å². The van der Waals surface area contributed by atoms with Gasteiger partial charge < -0.3 is 4.18 Å². The molecule has 3 aromatic rings. The van der Waals surface area contributed by atoms with E-state index in [0.29, 0.717) is 16.1 Å². The van der Waals surface area contributed by atoms with Gasteiger partial charge in [0, 0.05) is 10.6 Å². The van der Waals surface area contributed by atoms with Crippen molar-refractivity contribution in [2.45, 2.75) is 5.51 Å². The minimum Gasteiger partial charge on any atom is -0.374 e. The quantitative estimate of drug-likeness (QED) is 0.375. The van der Waals surface area contributed by atoms with Crippen LogP contribution in [0.1, 0.15) is 5.56 Å². The number of rotatable bonds is 4. The van der Waals surface area contributed by atoms with E-state index in [1.165, 1.54) is 24.3 Å². The number of benzene rings is 2. The zero-order chi connectivity index (χ0) is 18.9. The molecule has 0 aliphatic heterocycles. The lowest BCUT2D eigenvalue weighted by molar-refractivity contribution is -0.0509. The van der Waals surface area contributed by atoms with E-state index < -0.39 is 21.4 Å². The molecular formula is C15H9ClF3N3O3S. The summed E-state index contributed by atoms with van der Waals surface area (Å²) in [5.74, 6) is -0.588. The zero-order valence-corrected chi connectivity index (χ0v) is 14.3. The van der Waals surface area contributed by atoms with Crippen molar-refractivity contribution < 1.29 is 25.8 Å². The van der Waals surface area contributed by atoms with Crippen molar-refractivity contribution in [3.63, 3.8) is 0 Å². The molecule has 3 rings (SSSR count). The van der Waals surface area contributed by atoms with Crippen LogP contribution in [0.3, 0.4) is 0 Å². The van der Waals surface area contributed by atoms with E-state index in [1.807, 2.05) is 0 Å². The van der Waals surface area contributed by atoms with Gasteiger partial charge in [0.1, 0.15) is 5.52 Å². The van der Waals surface area contributed by atoms with Crippen molar-refractivity contribution in [2.75, 3.05) is 0 Å². The van der Waals surface area contributed by atoms with Gasteiger partial charge >= 0.3 is 15.6 Å². The van der Waals surface area contributed by atoms with Gasteiger partial charge in [-0.05, 0) is 36.4 Å². The molecule has 0 bridgehead atoms. The lowest BCUT2D eigenvalue weighted by Crippen LogP contribution is -2.25. The summed E-state index contributed by atoms with van der Waals surface area (Å²) in [7, 11) is -5.87. The molecule has 0 spiro atoms. The van der Waals surface area contributed by atoms with Crippen molar-refractivity contribution in [1.82, 2.24) is 15.0 Å². The Morgan fingerprint density at radius 1 is 1.12 bits per heavy atom. The smallest absolute Gasteiger partial charge is 0.374 e. The predicted octanol–water partition coefficient (Wildman–Crippen LogP) is 3.91. The molecule has 0 saturated heterocycles. The van der Waals surface area contributed by atoms with Gasteiger partial charge in [0.15, 0.2) is 5.76 Å². The molecule has 11 heteroatoms. The van der Waals surface area contributed by atoms with Crippen molar-refractivity contribution in [2.24, 2.45) is 0 Å². The molecule has 0 radical (unpaired) electrons. The lowest BCUT2D eigenvalue weighted by Gasteiger charge is -2.12. The molecule has 0 saturated carbocycles. The van der Waals surface area contributed by atoms with Crippen LogP contribution in [0.25, 0.3) is 23.0 Å². The Labute approximate surface area is 150 Å². The number of nitrogens with zero attached hydrogens (tertiary/aromatic N) is 3. The Bertz CT molecular complexity index is 1080. The molecule has 6 nitrogen and oxygen atoms in total. The fraction of sp³-hybridized carbons (Fsp3) is 0.0667.